The average molecular weight is 252 g/mol. The first-order valence-corrected chi connectivity index (χ1v) is 4.62. The molecule has 2 atom stereocenters. The summed E-state index contributed by atoms with van der Waals surface area (Å²) in [6.45, 7) is 2.21. The monoisotopic (exact) mass is 252 g/mol. The molecule has 0 radical (unpaired) electrons. The van der Waals surface area contributed by atoms with Crippen LogP contribution in [0.25, 0.3) is 0 Å². The number of alkyl halides is 1. The second kappa shape index (κ2) is 3.10. The van der Waals surface area contributed by atoms with Crippen LogP contribution < -0.4 is 0 Å². The van der Waals surface area contributed by atoms with Crippen molar-refractivity contribution in [2.75, 3.05) is 0 Å². The fourth-order valence-electron chi connectivity index (χ4n) is 0.727. The summed E-state index contributed by atoms with van der Waals surface area (Å²) in [7, 11) is 0. The SMILES string of the molecule is C[C@H]1C=CC(S)=CC1I. The predicted molar refractivity (Wildman–Crippen MR) is 53.2 cm³/mol. The normalized spacial score (nSPS) is 34.3. The van der Waals surface area contributed by atoms with Crippen molar-refractivity contribution in [3.63, 3.8) is 0 Å². The maximum atomic E-state index is 4.23. The maximum Gasteiger partial charge on any atom is 0.0363 e. The molecular formula is C7H9IS. The smallest absolute Gasteiger partial charge is 0.0363 e. The number of allylic oxidation sites excluding steroid dienone is 3. The van der Waals surface area contributed by atoms with Crippen LogP contribution >= 0.6 is 35.2 Å². The summed E-state index contributed by atoms with van der Waals surface area (Å²) < 4.78 is 0.625. The van der Waals surface area contributed by atoms with Crippen molar-refractivity contribution in [2.45, 2.75) is 10.8 Å². The summed E-state index contributed by atoms with van der Waals surface area (Å²) in [4.78, 5) is 1.09. The van der Waals surface area contributed by atoms with Gasteiger partial charge in [-0.25, -0.2) is 0 Å². The number of hydrogen-bond donors (Lipinski definition) is 1. The molecule has 50 valence electrons. The van der Waals surface area contributed by atoms with Gasteiger partial charge in [-0.3, -0.25) is 0 Å². The summed E-state index contributed by atoms with van der Waals surface area (Å²) in [5, 5.41) is 0. The van der Waals surface area contributed by atoms with E-state index in [1.807, 2.05) is 0 Å². The number of rotatable bonds is 0. The van der Waals surface area contributed by atoms with Crippen molar-refractivity contribution < 1.29 is 0 Å². The lowest BCUT2D eigenvalue weighted by atomic mass is 10.0. The van der Waals surface area contributed by atoms with Gasteiger partial charge in [0, 0.05) is 8.83 Å². The highest BCUT2D eigenvalue weighted by atomic mass is 127. The Morgan fingerprint density at radius 1 is 1.67 bits per heavy atom. The van der Waals surface area contributed by atoms with E-state index < -0.39 is 0 Å². The molecule has 0 aromatic carbocycles. The van der Waals surface area contributed by atoms with E-state index >= 15 is 0 Å². The quantitative estimate of drug-likeness (QED) is 0.382. The lowest BCUT2D eigenvalue weighted by Crippen LogP contribution is -2.07. The molecule has 1 unspecified atom stereocenters. The molecule has 0 aromatic heterocycles. The highest BCUT2D eigenvalue weighted by Crippen LogP contribution is 2.24. The predicted octanol–water partition coefficient (Wildman–Crippen LogP) is 2.81. The molecule has 0 heterocycles. The van der Waals surface area contributed by atoms with Gasteiger partial charge in [0.25, 0.3) is 0 Å². The minimum absolute atomic E-state index is 0.625. The third-order valence-corrected chi connectivity index (χ3v) is 3.19. The largest absolute Gasteiger partial charge is 0.144 e. The topological polar surface area (TPSA) is 0 Å². The van der Waals surface area contributed by atoms with E-state index in [9.17, 15) is 0 Å². The standard InChI is InChI=1S/C7H9IS/c1-5-2-3-6(9)4-7(5)8/h2-5,7,9H,1H3/t5-,7?/m0/s1. The Morgan fingerprint density at radius 3 is 2.78 bits per heavy atom. The second-order valence-corrected chi connectivity index (χ2v) is 4.21. The van der Waals surface area contributed by atoms with E-state index in [0.717, 1.165) is 4.91 Å². The van der Waals surface area contributed by atoms with E-state index in [1.165, 1.54) is 0 Å². The fraction of sp³-hybridized carbons (Fsp3) is 0.429. The molecule has 0 spiro atoms. The number of halogens is 1. The first kappa shape index (κ1) is 7.66. The molecule has 0 fully saturated rings. The zero-order valence-corrected chi connectivity index (χ0v) is 8.26. The Hall–Kier alpha value is 0.560. The fourth-order valence-corrected chi connectivity index (χ4v) is 1.89. The van der Waals surface area contributed by atoms with Gasteiger partial charge in [0.05, 0.1) is 0 Å². The van der Waals surface area contributed by atoms with Gasteiger partial charge in [0.2, 0.25) is 0 Å². The second-order valence-electron chi connectivity index (χ2n) is 2.25. The lowest BCUT2D eigenvalue weighted by molar-refractivity contribution is 0.772. The van der Waals surface area contributed by atoms with E-state index in [2.05, 4.69) is 60.4 Å². The molecule has 0 saturated carbocycles. The van der Waals surface area contributed by atoms with E-state index in [0.29, 0.717) is 9.84 Å². The van der Waals surface area contributed by atoms with Gasteiger partial charge in [0.15, 0.2) is 0 Å². The first-order chi connectivity index (χ1) is 4.20. The first-order valence-electron chi connectivity index (χ1n) is 2.93. The zero-order valence-electron chi connectivity index (χ0n) is 5.21. The van der Waals surface area contributed by atoms with Crippen molar-refractivity contribution in [1.82, 2.24) is 0 Å². The Morgan fingerprint density at radius 2 is 2.33 bits per heavy atom. The zero-order chi connectivity index (χ0) is 6.85. The summed E-state index contributed by atoms with van der Waals surface area (Å²) in [6.07, 6.45) is 6.43. The van der Waals surface area contributed by atoms with Crippen LogP contribution in [0.1, 0.15) is 6.92 Å². The summed E-state index contributed by atoms with van der Waals surface area (Å²) in [5.41, 5.74) is 0. The molecule has 0 bridgehead atoms. The van der Waals surface area contributed by atoms with Crippen LogP contribution in [0.3, 0.4) is 0 Å². The minimum atomic E-state index is 0.625. The van der Waals surface area contributed by atoms with Crippen LogP contribution in [0.2, 0.25) is 0 Å². The minimum Gasteiger partial charge on any atom is -0.144 e. The van der Waals surface area contributed by atoms with Crippen LogP contribution in [0.4, 0.5) is 0 Å². The average Bonchev–Trinajstić information content (AvgIpc) is 1.80. The summed E-state index contributed by atoms with van der Waals surface area (Å²) in [5.74, 6) is 0.668. The Bertz CT molecular complexity index is 160. The third kappa shape index (κ3) is 2.00. The molecule has 0 aromatic rings. The van der Waals surface area contributed by atoms with Gasteiger partial charge in [-0.15, -0.1) is 12.6 Å². The molecule has 1 rings (SSSR count). The summed E-state index contributed by atoms with van der Waals surface area (Å²) in [6, 6.07) is 0. The van der Waals surface area contributed by atoms with Gasteiger partial charge in [0.1, 0.15) is 0 Å². The molecule has 0 amide bonds. The molecule has 2 heteroatoms. The van der Waals surface area contributed by atoms with Crippen molar-refractivity contribution in [1.29, 1.82) is 0 Å². The van der Waals surface area contributed by atoms with E-state index in [4.69, 9.17) is 0 Å². The lowest BCUT2D eigenvalue weighted by Gasteiger charge is -2.14. The number of hydrogen-bond acceptors (Lipinski definition) is 1. The van der Waals surface area contributed by atoms with Crippen molar-refractivity contribution in [3.8, 4) is 0 Å². The molecule has 0 saturated heterocycles. The molecule has 9 heavy (non-hydrogen) atoms. The van der Waals surface area contributed by atoms with Crippen LogP contribution in [-0.2, 0) is 0 Å². The highest BCUT2D eigenvalue weighted by Gasteiger charge is 2.10. The van der Waals surface area contributed by atoms with Gasteiger partial charge in [-0.2, -0.15) is 0 Å². The van der Waals surface area contributed by atoms with Crippen molar-refractivity contribution in [3.05, 3.63) is 23.1 Å². The highest BCUT2D eigenvalue weighted by molar-refractivity contribution is 14.1. The Labute approximate surface area is 75.0 Å². The molecule has 0 aliphatic heterocycles. The van der Waals surface area contributed by atoms with Crippen LogP contribution in [0.15, 0.2) is 23.1 Å². The van der Waals surface area contributed by atoms with E-state index in [1.54, 1.807) is 0 Å². The molecule has 1 aliphatic carbocycles. The molecule has 0 N–H and O–H groups in total. The van der Waals surface area contributed by atoms with Crippen molar-refractivity contribution >= 4 is 35.2 Å². The maximum absolute atomic E-state index is 4.23. The Balaban J connectivity index is 2.70. The van der Waals surface area contributed by atoms with Crippen LogP contribution in [-0.4, -0.2) is 3.92 Å². The number of thiol groups is 1. The third-order valence-electron chi connectivity index (χ3n) is 1.40. The summed E-state index contributed by atoms with van der Waals surface area (Å²) >= 11 is 6.65. The van der Waals surface area contributed by atoms with E-state index in [-0.39, 0.29) is 0 Å². The van der Waals surface area contributed by atoms with Crippen LogP contribution in [0, 0.1) is 5.92 Å². The van der Waals surface area contributed by atoms with Gasteiger partial charge >= 0.3 is 0 Å². The molecular weight excluding hydrogens is 243 g/mol. The van der Waals surface area contributed by atoms with Crippen molar-refractivity contribution in [2.24, 2.45) is 5.92 Å². The van der Waals surface area contributed by atoms with Crippen LogP contribution in [0.5, 0.6) is 0 Å². The Kier molecular flexibility index (Phi) is 2.64. The molecule has 1 aliphatic rings. The van der Waals surface area contributed by atoms with Gasteiger partial charge in [-0.1, -0.05) is 47.7 Å². The van der Waals surface area contributed by atoms with Gasteiger partial charge < -0.3 is 0 Å². The molecule has 0 nitrogen and oxygen atoms in total. The van der Waals surface area contributed by atoms with Gasteiger partial charge in [-0.05, 0) is 5.92 Å².